The third-order valence-electron chi connectivity index (χ3n) is 2.13. The van der Waals surface area contributed by atoms with E-state index in [2.05, 4.69) is 27.6 Å². The van der Waals surface area contributed by atoms with E-state index >= 15 is 0 Å². The molecule has 0 radical (unpaired) electrons. The van der Waals surface area contributed by atoms with Gasteiger partial charge in [-0.2, -0.15) is 0 Å². The van der Waals surface area contributed by atoms with Gasteiger partial charge in [0, 0.05) is 29.7 Å². The molecule has 0 aliphatic rings. The molecule has 0 spiro atoms. The van der Waals surface area contributed by atoms with Crippen LogP contribution in [0.25, 0.3) is 11.2 Å². The van der Waals surface area contributed by atoms with Crippen molar-refractivity contribution in [2.45, 2.75) is 0 Å². The van der Waals surface area contributed by atoms with Gasteiger partial charge in [-0.3, -0.25) is 4.40 Å². The predicted molar refractivity (Wildman–Crippen MR) is 68.9 cm³/mol. The minimum atomic E-state index is 0.696. The van der Waals surface area contributed by atoms with Crippen molar-refractivity contribution in [2.24, 2.45) is 5.73 Å². The molecule has 2 rings (SSSR count). The van der Waals surface area contributed by atoms with Crippen molar-refractivity contribution >= 4 is 40.0 Å². The Morgan fingerprint density at radius 3 is 3.00 bits per heavy atom. The van der Waals surface area contributed by atoms with E-state index in [-0.39, 0.29) is 0 Å². The molecule has 5 heteroatoms. The molecule has 0 fully saturated rings. The van der Waals surface area contributed by atoms with Crippen molar-refractivity contribution < 1.29 is 0 Å². The van der Waals surface area contributed by atoms with Gasteiger partial charge in [-0.1, -0.05) is 0 Å². The Kier molecular flexibility index (Phi) is 2.72. The Balaban J connectivity index is 2.64. The Morgan fingerprint density at radius 2 is 2.33 bits per heavy atom. The second-order valence-corrected chi connectivity index (χ2v) is 4.10. The van der Waals surface area contributed by atoms with Gasteiger partial charge >= 0.3 is 0 Å². The molecule has 2 aromatic heterocycles. The molecule has 2 aromatic rings. The number of pyridine rings is 1. The summed E-state index contributed by atoms with van der Waals surface area (Å²) in [6, 6.07) is 3.81. The van der Waals surface area contributed by atoms with Crippen LogP contribution in [-0.2, 0) is 0 Å². The van der Waals surface area contributed by atoms with E-state index in [0.29, 0.717) is 5.57 Å². The normalized spacial score (nSPS) is 11.9. The molecule has 0 bridgehead atoms. The van der Waals surface area contributed by atoms with Crippen LogP contribution in [0.2, 0.25) is 0 Å². The number of nitrogens with two attached hydrogens (primary N) is 1. The van der Waals surface area contributed by atoms with Gasteiger partial charge in [0.15, 0.2) is 0 Å². The largest absolute Gasteiger partial charge is 0.404 e. The van der Waals surface area contributed by atoms with E-state index in [1.807, 2.05) is 22.7 Å². The third-order valence-corrected chi connectivity index (χ3v) is 2.93. The van der Waals surface area contributed by atoms with E-state index in [1.165, 1.54) is 12.4 Å². The lowest BCUT2D eigenvalue weighted by molar-refractivity contribution is 1.14. The second-order valence-electron chi connectivity index (χ2n) is 2.99. The first-order valence-corrected chi connectivity index (χ1v) is 5.39. The molecule has 15 heavy (non-hydrogen) atoms. The van der Waals surface area contributed by atoms with Crippen LogP contribution in [0, 0.1) is 9.11 Å². The number of hydrogen-bond acceptors (Lipinski definition) is 3. The summed E-state index contributed by atoms with van der Waals surface area (Å²) in [7, 11) is 0. The topological polar surface area (TPSA) is 67.2 Å². The minimum Gasteiger partial charge on any atom is -0.404 e. The van der Waals surface area contributed by atoms with Gasteiger partial charge in [0.2, 0.25) is 0 Å². The number of imidazole rings is 1. The first-order valence-electron chi connectivity index (χ1n) is 4.31. The Hall–Kier alpha value is -1.37. The molecule has 0 saturated carbocycles. The molecule has 76 valence electrons. The summed E-state index contributed by atoms with van der Waals surface area (Å²) in [5.41, 5.74) is 7.93. The lowest BCUT2D eigenvalue weighted by atomic mass is 10.1. The fourth-order valence-electron chi connectivity index (χ4n) is 1.35. The van der Waals surface area contributed by atoms with Gasteiger partial charge < -0.3 is 11.1 Å². The number of halogens is 1. The summed E-state index contributed by atoms with van der Waals surface area (Å²) in [5, 5.41) is 7.22. The fourth-order valence-corrected chi connectivity index (χ4v) is 1.87. The molecule has 0 unspecified atom stereocenters. The summed E-state index contributed by atoms with van der Waals surface area (Å²) < 4.78 is 2.99. The van der Waals surface area contributed by atoms with E-state index in [4.69, 9.17) is 11.1 Å². The monoisotopic (exact) mass is 312 g/mol. The van der Waals surface area contributed by atoms with E-state index in [0.717, 1.165) is 14.9 Å². The van der Waals surface area contributed by atoms with Crippen molar-refractivity contribution in [3.63, 3.8) is 0 Å². The number of nitrogens with one attached hydrogen (secondary N) is 1. The highest BCUT2D eigenvalue weighted by Gasteiger charge is 2.03. The van der Waals surface area contributed by atoms with Gasteiger partial charge in [0.1, 0.15) is 9.35 Å². The molecular formula is C10H9IN4. The van der Waals surface area contributed by atoms with Crippen LogP contribution in [0.1, 0.15) is 5.56 Å². The highest BCUT2D eigenvalue weighted by Crippen LogP contribution is 2.15. The lowest BCUT2D eigenvalue weighted by Gasteiger charge is -2.02. The predicted octanol–water partition coefficient (Wildman–Crippen LogP) is 1.89. The summed E-state index contributed by atoms with van der Waals surface area (Å²) >= 11 is 2.21. The Labute approximate surface area is 100 Å². The first-order chi connectivity index (χ1) is 7.26. The maximum atomic E-state index is 7.22. The van der Waals surface area contributed by atoms with Crippen LogP contribution < -0.4 is 5.73 Å². The van der Waals surface area contributed by atoms with Crippen molar-refractivity contribution in [1.82, 2.24) is 9.38 Å². The Morgan fingerprint density at radius 1 is 1.53 bits per heavy atom. The van der Waals surface area contributed by atoms with Crippen molar-refractivity contribution in [1.29, 1.82) is 5.41 Å². The average molecular weight is 312 g/mol. The summed E-state index contributed by atoms with van der Waals surface area (Å²) in [4.78, 5) is 4.22. The van der Waals surface area contributed by atoms with Crippen molar-refractivity contribution in [3.8, 4) is 0 Å². The van der Waals surface area contributed by atoms with Crippen LogP contribution in [0.3, 0.4) is 0 Å². The van der Waals surface area contributed by atoms with Gasteiger partial charge in [-0.15, -0.1) is 0 Å². The van der Waals surface area contributed by atoms with Crippen molar-refractivity contribution in [3.05, 3.63) is 40.0 Å². The van der Waals surface area contributed by atoms with Crippen molar-refractivity contribution in [2.75, 3.05) is 0 Å². The zero-order chi connectivity index (χ0) is 10.8. The number of rotatable bonds is 2. The molecule has 0 aliphatic heterocycles. The molecule has 0 amide bonds. The number of allylic oxidation sites excluding steroid dienone is 1. The molecule has 0 aliphatic carbocycles. The molecule has 0 aromatic carbocycles. The quantitative estimate of drug-likeness (QED) is 0.657. The van der Waals surface area contributed by atoms with Crippen LogP contribution in [0.5, 0.6) is 0 Å². The maximum absolute atomic E-state index is 7.22. The smallest absolute Gasteiger partial charge is 0.137 e. The summed E-state index contributed by atoms with van der Waals surface area (Å²) in [6.45, 7) is 0. The van der Waals surface area contributed by atoms with Gasteiger partial charge in [0.25, 0.3) is 0 Å². The summed E-state index contributed by atoms with van der Waals surface area (Å²) in [5.74, 6) is 0. The minimum absolute atomic E-state index is 0.696. The highest BCUT2D eigenvalue weighted by molar-refractivity contribution is 14.1. The second kappa shape index (κ2) is 4.01. The van der Waals surface area contributed by atoms with Crippen LogP contribution in [-0.4, -0.2) is 15.6 Å². The number of aromatic nitrogens is 2. The van der Waals surface area contributed by atoms with Crippen LogP contribution in [0.15, 0.2) is 30.7 Å². The molecule has 3 N–H and O–H groups in total. The van der Waals surface area contributed by atoms with E-state index in [9.17, 15) is 0 Å². The van der Waals surface area contributed by atoms with E-state index in [1.54, 1.807) is 6.20 Å². The maximum Gasteiger partial charge on any atom is 0.137 e. The molecule has 0 saturated heterocycles. The van der Waals surface area contributed by atoms with Crippen LogP contribution in [0.4, 0.5) is 0 Å². The average Bonchev–Trinajstić information content (AvgIpc) is 2.62. The van der Waals surface area contributed by atoms with Gasteiger partial charge in [0.05, 0.1) is 6.20 Å². The lowest BCUT2D eigenvalue weighted by Crippen LogP contribution is -1.94. The van der Waals surface area contributed by atoms with Gasteiger partial charge in [-0.05, 0) is 34.7 Å². The summed E-state index contributed by atoms with van der Waals surface area (Å²) in [6.07, 6.45) is 6.40. The zero-order valence-corrected chi connectivity index (χ0v) is 9.97. The molecule has 4 nitrogen and oxygen atoms in total. The standard InChI is InChI=1S/C10H9IN4/c11-9-5-14-10-2-1-7(6-15(9)10)8(3-12)4-13/h1-6,12H,13H2/b8-4+,12-3?. The Bertz CT molecular complexity index is 541. The highest BCUT2D eigenvalue weighted by atomic mass is 127. The van der Waals surface area contributed by atoms with E-state index < -0.39 is 0 Å². The number of hydrogen-bond donors (Lipinski definition) is 2. The van der Waals surface area contributed by atoms with Gasteiger partial charge in [-0.25, -0.2) is 4.98 Å². The van der Waals surface area contributed by atoms with Crippen LogP contribution >= 0.6 is 22.6 Å². The third kappa shape index (κ3) is 1.74. The number of fused-ring (bicyclic) bond motifs is 1. The number of nitrogens with zero attached hydrogens (tertiary/aromatic N) is 2. The first kappa shape index (κ1) is 10.2. The molecule has 2 heterocycles. The molecule has 0 atom stereocenters. The molecular weight excluding hydrogens is 303 g/mol. The SMILES string of the molecule is N=C/C(=C\N)c1ccc2ncc(I)n2c1. The fraction of sp³-hybridized carbons (Fsp3) is 0. The zero-order valence-electron chi connectivity index (χ0n) is 7.81.